The lowest BCUT2D eigenvalue weighted by molar-refractivity contribution is 0.501. The van der Waals surface area contributed by atoms with Gasteiger partial charge in [-0.3, -0.25) is 4.98 Å². The molecule has 18 heavy (non-hydrogen) atoms. The lowest BCUT2D eigenvalue weighted by Crippen LogP contribution is -2.30. The maximum absolute atomic E-state index is 5.79. The Morgan fingerprint density at radius 2 is 1.83 bits per heavy atom. The van der Waals surface area contributed by atoms with Crippen LogP contribution in [0.5, 0.6) is 0 Å². The van der Waals surface area contributed by atoms with Crippen molar-refractivity contribution in [3.8, 4) is 11.3 Å². The first-order chi connectivity index (χ1) is 8.53. The predicted octanol–water partition coefficient (Wildman–Crippen LogP) is 2.08. The highest BCUT2D eigenvalue weighted by Crippen LogP contribution is 2.22. The van der Waals surface area contributed by atoms with E-state index >= 15 is 0 Å². The molecule has 0 spiro atoms. The fourth-order valence-electron chi connectivity index (χ4n) is 1.63. The molecule has 0 saturated carbocycles. The Bertz CT molecular complexity index is 535. The zero-order chi connectivity index (χ0) is 13.2. The summed E-state index contributed by atoms with van der Waals surface area (Å²) >= 11 is 0. The normalized spacial score (nSPS) is 11.6. The second-order valence-corrected chi connectivity index (χ2v) is 5.04. The Kier molecular flexibility index (Phi) is 3.39. The maximum atomic E-state index is 5.79. The Morgan fingerprint density at radius 3 is 2.44 bits per heavy atom. The first-order valence-corrected chi connectivity index (χ1v) is 5.99. The van der Waals surface area contributed by atoms with E-state index in [1.807, 2.05) is 25.1 Å². The topological polar surface area (TPSA) is 64.7 Å². The van der Waals surface area contributed by atoms with Gasteiger partial charge in [0.1, 0.15) is 5.82 Å². The molecule has 0 aromatic carbocycles. The lowest BCUT2D eigenvalue weighted by atomic mass is 9.92. The van der Waals surface area contributed by atoms with Crippen molar-refractivity contribution in [1.29, 1.82) is 0 Å². The van der Waals surface area contributed by atoms with Gasteiger partial charge in [-0.15, -0.1) is 0 Å². The van der Waals surface area contributed by atoms with Gasteiger partial charge in [-0.2, -0.15) is 0 Å². The SMILES string of the molecule is Cc1cc(-c2ccncc2)nc(C(C)(C)CN)n1. The lowest BCUT2D eigenvalue weighted by Gasteiger charge is -2.21. The van der Waals surface area contributed by atoms with Crippen molar-refractivity contribution in [2.75, 3.05) is 6.54 Å². The third-order valence-electron chi connectivity index (χ3n) is 2.95. The number of pyridine rings is 1. The largest absolute Gasteiger partial charge is 0.329 e. The first kappa shape index (κ1) is 12.6. The minimum absolute atomic E-state index is 0.214. The predicted molar refractivity (Wildman–Crippen MR) is 72.1 cm³/mol. The van der Waals surface area contributed by atoms with Crippen LogP contribution >= 0.6 is 0 Å². The van der Waals surface area contributed by atoms with E-state index in [2.05, 4.69) is 28.8 Å². The number of nitrogens with zero attached hydrogens (tertiary/aromatic N) is 3. The van der Waals surface area contributed by atoms with Crippen molar-refractivity contribution in [2.45, 2.75) is 26.2 Å². The van der Waals surface area contributed by atoms with E-state index in [0.29, 0.717) is 6.54 Å². The van der Waals surface area contributed by atoms with Gasteiger partial charge in [0.2, 0.25) is 0 Å². The highest BCUT2D eigenvalue weighted by molar-refractivity contribution is 5.58. The summed E-state index contributed by atoms with van der Waals surface area (Å²) < 4.78 is 0. The minimum Gasteiger partial charge on any atom is -0.329 e. The van der Waals surface area contributed by atoms with Crippen molar-refractivity contribution >= 4 is 0 Å². The van der Waals surface area contributed by atoms with E-state index in [-0.39, 0.29) is 5.41 Å². The minimum atomic E-state index is -0.214. The fourth-order valence-corrected chi connectivity index (χ4v) is 1.63. The monoisotopic (exact) mass is 242 g/mol. The quantitative estimate of drug-likeness (QED) is 0.895. The van der Waals surface area contributed by atoms with Gasteiger partial charge in [0.15, 0.2) is 0 Å². The van der Waals surface area contributed by atoms with Gasteiger partial charge in [-0.25, -0.2) is 9.97 Å². The van der Waals surface area contributed by atoms with E-state index in [4.69, 9.17) is 5.73 Å². The third-order valence-corrected chi connectivity index (χ3v) is 2.95. The molecule has 2 rings (SSSR count). The maximum Gasteiger partial charge on any atom is 0.136 e. The van der Waals surface area contributed by atoms with Gasteiger partial charge in [-0.05, 0) is 25.1 Å². The van der Waals surface area contributed by atoms with Crippen molar-refractivity contribution in [3.05, 3.63) is 42.1 Å². The average molecular weight is 242 g/mol. The van der Waals surface area contributed by atoms with Crippen LogP contribution in [-0.2, 0) is 5.41 Å². The van der Waals surface area contributed by atoms with Crippen LogP contribution < -0.4 is 5.73 Å². The number of aromatic nitrogens is 3. The van der Waals surface area contributed by atoms with Crippen LogP contribution in [0.4, 0.5) is 0 Å². The zero-order valence-electron chi connectivity index (χ0n) is 11.0. The molecule has 0 aliphatic rings. The molecule has 0 aliphatic heterocycles. The van der Waals surface area contributed by atoms with E-state index < -0.39 is 0 Å². The molecule has 2 heterocycles. The molecular formula is C14H18N4. The summed E-state index contributed by atoms with van der Waals surface area (Å²) in [6.07, 6.45) is 3.53. The van der Waals surface area contributed by atoms with Gasteiger partial charge in [0.05, 0.1) is 5.69 Å². The molecule has 0 unspecified atom stereocenters. The first-order valence-electron chi connectivity index (χ1n) is 5.99. The van der Waals surface area contributed by atoms with Crippen LogP contribution in [0.3, 0.4) is 0 Å². The highest BCUT2D eigenvalue weighted by Gasteiger charge is 2.23. The van der Waals surface area contributed by atoms with E-state index in [1.54, 1.807) is 12.4 Å². The molecule has 0 radical (unpaired) electrons. The van der Waals surface area contributed by atoms with E-state index in [0.717, 1.165) is 22.8 Å². The fraction of sp³-hybridized carbons (Fsp3) is 0.357. The summed E-state index contributed by atoms with van der Waals surface area (Å²) in [6, 6.07) is 5.87. The molecule has 0 saturated heterocycles. The van der Waals surface area contributed by atoms with Crippen molar-refractivity contribution in [1.82, 2.24) is 15.0 Å². The number of aryl methyl sites for hydroxylation is 1. The van der Waals surface area contributed by atoms with Crippen molar-refractivity contribution in [3.63, 3.8) is 0 Å². The smallest absolute Gasteiger partial charge is 0.136 e. The second kappa shape index (κ2) is 4.82. The number of hydrogen-bond donors (Lipinski definition) is 1. The molecule has 0 bridgehead atoms. The van der Waals surface area contributed by atoms with Crippen LogP contribution in [0.25, 0.3) is 11.3 Å². The Balaban J connectivity index is 2.52. The van der Waals surface area contributed by atoms with Crippen LogP contribution in [0.15, 0.2) is 30.6 Å². The molecule has 4 nitrogen and oxygen atoms in total. The molecular weight excluding hydrogens is 224 g/mol. The summed E-state index contributed by atoms with van der Waals surface area (Å²) in [7, 11) is 0. The van der Waals surface area contributed by atoms with Crippen LogP contribution in [0, 0.1) is 6.92 Å². The zero-order valence-corrected chi connectivity index (χ0v) is 11.0. The molecule has 4 heteroatoms. The summed E-state index contributed by atoms with van der Waals surface area (Å²) in [6.45, 7) is 6.60. The van der Waals surface area contributed by atoms with E-state index in [1.165, 1.54) is 0 Å². The standard InChI is InChI=1S/C14H18N4/c1-10-8-12(11-4-6-16-7-5-11)18-13(17-10)14(2,3)9-15/h4-8H,9,15H2,1-3H3. The Morgan fingerprint density at radius 1 is 1.17 bits per heavy atom. The summed E-state index contributed by atoms with van der Waals surface area (Å²) in [5.41, 5.74) is 8.49. The number of nitrogens with two attached hydrogens (primary N) is 1. The molecule has 2 aromatic rings. The molecule has 2 aromatic heterocycles. The molecule has 0 atom stereocenters. The van der Waals surface area contributed by atoms with Gasteiger partial charge >= 0.3 is 0 Å². The van der Waals surface area contributed by atoms with Gasteiger partial charge in [0, 0.05) is 35.6 Å². The second-order valence-electron chi connectivity index (χ2n) is 5.04. The summed E-state index contributed by atoms with van der Waals surface area (Å²) in [5.74, 6) is 0.789. The van der Waals surface area contributed by atoms with Crippen molar-refractivity contribution in [2.24, 2.45) is 5.73 Å². The highest BCUT2D eigenvalue weighted by atomic mass is 14.9. The van der Waals surface area contributed by atoms with Crippen LogP contribution in [0.2, 0.25) is 0 Å². The van der Waals surface area contributed by atoms with Crippen molar-refractivity contribution < 1.29 is 0 Å². The molecule has 94 valence electrons. The summed E-state index contributed by atoms with van der Waals surface area (Å²) in [5, 5.41) is 0. The van der Waals surface area contributed by atoms with Gasteiger partial charge in [0.25, 0.3) is 0 Å². The van der Waals surface area contributed by atoms with Gasteiger partial charge in [-0.1, -0.05) is 13.8 Å². The number of rotatable bonds is 3. The van der Waals surface area contributed by atoms with Crippen LogP contribution in [-0.4, -0.2) is 21.5 Å². The molecule has 0 amide bonds. The molecule has 0 aliphatic carbocycles. The summed E-state index contributed by atoms with van der Waals surface area (Å²) in [4.78, 5) is 13.1. The van der Waals surface area contributed by atoms with E-state index in [9.17, 15) is 0 Å². The Labute approximate surface area is 107 Å². The third kappa shape index (κ3) is 2.54. The molecule has 2 N–H and O–H groups in total. The number of hydrogen-bond acceptors (Lipinski definition) is 4. The molecule has 0 fully saturated rings. The van der Waals surface area contributed by atoms with Crippen LogP contribution in [0.1, 0.15) is 25.4 Å². The Hall–Kier alpha value is -1.81. The van der Waals surface area contributed by atoms with Gasteiger partial charge < -0.3 is 5.73 Å². The average Bonchev–Trinajstić information content (AvgIpc) is 2.39.